The molecular formula is C14H13IN2O. The molecule has 0 aliphatic heterocycles. The minimum Gasteiger partial charge on any atom is -0.306 e. The quantitative estimate of drug-likeness (QED) is 0.844. The molecule has 1 heterocycles. The van der Waals surface area contributed by atoms with E-state index in [1.165, 1.54) is 18.4 Å². The van der Waals surface area contributed by atoms with Crippen molar-refractivity contribution < 1.29 is 0 Å². The van der Waals surface area contributed by atoms with Crippen LogP contribution in [-0.4, -0.2) is 9.97 Å². The van der Waals surface area contributed by atoms with Crippen molar-refractivity contribution >= 4 is 22.6 Å². The third kappa shape index (κ3) is 2.21. The summed E-state index contributed by atoms with van der Waals surface area (Å²) >= 11 is 2.02. The number of rotatable bonds is 2. The van der Waals surface area contributed by atoms with Crippen LogP contribution in [-0.2, 0) is 0 Å². The molecule has 1 aliphatic carbocycles. The van der Waals surface area contributed by atoms with Gasteiger partial charge in [-0.1, -0.05) is 24.3 Å². The van der Waals surface area contributed by atoms with E-state index < -0.39 is 0 Å². The fourth-order valence-electron chi connectivity index (χ4n) is 2.04. The highest BCUT2D eigenvalue weighted by Crippen LogP contribution is 2.40. The van der Waals surface area contributed by atoms with Crippen molar-refractivity contribution in [2.24, 2.45) is 0 Å². The number of aryl methyl sites for hydroxylation is 1. The summed E-state index contributed by atoms with van der Waals surface area (Å²) in [5, 5.41) is 0. The first-order valence-corrected chi connectivity index (χ1v) is 7.10. The Balaban J connectivity index is 2.01. The standard InChI is InChI=1S/C14H13IN2O/c1-8-12(15)14(18)17-13(16-8)11-6-4-10(5-7-11)9-2-3-9/h4-7,9H,2-3H2,1H3,(H,16,17,18). The highest BCUT2D eigenvalue weighted by Gasteiger charge is 2.23. The van der Waals surface area contributed by atoms with E-state index in [0.29, 0.717) is 9.39 Å². The number of nitrogens with one attached hydrogen (secondary N) is 1. The monoisotopic (exact) mass is 352 g/mol. The Morgan fingerprint density at radius 3 is 2.50 bits per heavy atom. The molecule has 1 aliphatic rings. The molecule has 0 spiro atoms. The number of aromatic nitrogens is 2. The molecule has 1 aromatic heterocycles. The Morgan fingerprint density at radius 1 is 1.28 bits per heavy atom. The molecule has 1 aromatic carbocycles. The molecule has 1 fully saturated rings. The number of benzene rings is 1. The molecule has 3 nitrogen and oxygen atoms in total. The Morgan fingerprint density at radius 2 is 1.94 bits per heavy atom. The summed E-state index contributed by atoms with van der Waals surface area (Å²) in [6, 6.07) is 8.36. The van der Waals surface area contributed by atoms with E-state index in [4.69, 9.17) is 0 Å². The van der Waals surface area contributed by atoms with Gasteiger partial charge in [-0.3, -0.25) is 4.79 Å². The van der Waals surface area contributed by atoms with Gasteiger partial charge in [0.05, 0.1) is 9.26 Å². The fourth-order valence-corrected chi connectivity index (χ4v) is 2.29. The van der Waals surface area contributed by atoms with Crippen LogP contribution in [0.3, 0.4) is 0 Å². The van der Waals surface area contributed by atoms with E-state index in [1.807, 2.05) is 41.6 Å². The van der Waals surface area contributed by atoms with Crippen molar-refractivity contribution in [3.63, 3.8) is 0 Å². The van der Waals surface area contributed by atoms with E-state index in [2.05, 4.69) is 22.1 Å². The zero-order chi connectivity index (χ0) is 12.7. The molecule has 0 atom stereocenters. The lowest BCUT2D eigenvalue weighted by Crippen LogP contribution is -2.14. The number of hydrogen-bond acceptors (Lipinski definition) is 2. The zero-order valence-electron chi connectivity index (χ0n) is 10.0. The second-order valence-corrected chi connectivity index (χ2v) is 5.79. The van der Waals surface area contributed by atoms with Crippen molar-refractivity contribution in [2.45, 2.75) is 25.7 Å². The molecule has 92 valence electrons. The maximum Gasteiger partial charge on any atom is 0.264 e. The molecule has 1 saturated carbocycles. The molecule has 2 aromatic rings. The molecule has 0 bridgehead atoms. The third-order valence-corrected chi connectivity index (χ3v) is 4.53. The summed E-state index contributed by atoms with van der Waals surface area (Å²) in [5.74, 6) is 1.41. The number of hydrogen-bond donors (Lipinski definition) is 1. The Hall–Kier alpha value is -1.17. The van der Waals surface area contributed by atoms with Gasteiger partial charge in [-0.15, -0.1) is 0 Å². The highest BCUT2D eigenvalue weighted by atomic mass is 127. The van der Waals surface area contributed by atoms with E-state index >= 15 is 0 Å². The average Bonchev–Trinajstić information content (AvgIpc) is 3.20. The number of aromatic amines is 1. The van der Waals surface area contributed by atoms with Gasteiger partial charge in [0.1, 0.15) is 5.82 Å². The van der Waals surface area contributed by atoms with Gasteiger partial charge in [0.25, 0.3) is 5.56 Å². The predicted molar refractivity (Wildman–Crippen MR) is 79.7 cm³/mol. The van der Waals surface area contributed by atoms with Crippen LogP contribution in [0.1, 0.15) is 30.0 Å². The molecule has 0 saturated heterocycles. The number of nitrogens with zero attached hydrogens (tertiary/aromatic N) is 1. The first-order chi connectivity index (χ1) is 8.65. The maximum absolute atomic E-state index is 11.7. The predicted octanol–water partition coefficient (Wildman–Crippen LogP) is 3.23. The maximum atomic E-state index is 11.7. The van der Waals surface area contributed by atoms with Crippen LogP contribution in [0.25, 0.3) is 11.4 Å². The van der Waals surface area contributed by atoms with Crippen LogP contribution in [0.5, 0.6) is 0 Å². The second-order valence-electron chi connectivity index (χ2n) is 4.71. The highest BCUT2D eigenvalue weighted by molar-refractivity contribution is 14.1. The van der Waals surface area contributed by atoms with Gasteiger partial charge in [-0.25, -0.2) is 4.98 Å². The van der Waals surface area contributed by atoms with Gasteiger partial charge >= 0.3 is 0 Å². The first kappa shape index (κ1) is 11.9. The number of halogens is 1. The molecule has 0 radical (unpaired) electrons. The molecule has 3 rings (SSSR count). The van der Waals surface area contributed by atoms with Crippen LogP contribution in [0.4, 0.5) is 0 Å². The molecule has 0 amide bonds. The van der Waals surface area contributed by atoms with Gasteiger partial charge in [0, 0.05) is 5.56 Å². The summed E-state index contributed by atoms with van der Waals surface area (Å²) in [5.41, 5.74) is 3.07. The average molecular weight is 352 g/mol. The number of H-pyrrole nitrogens is 1. The van der Waals surface area contributed by atoms with Crippen LogP contribution < -0.4 is 5.56 Å². The Bertz CT molecular complexity index is 642. The summed E-state index contributed by atoms with van der Waals surface area (Å²) in [6.07, 6.45) is 2.61. The van der Waals surface area contributed by atoms with Crippen LogP contribution in [0.2, 0.25) is 0 Å². The van der Waals surface area contributed by atoms with Gasteiger partial charge < -0.3 is 4.98 Å². The second kappa shape index (κ2) is 4.50. The molecule has 18 heavy (non-hydrogen) atoms. The van der Waals surface area contributed by atoms with Crippen molar-refractivity contribution in [1.29, 1.82) is 0 Å². The van der Waals surface area contributed by atoms with Crippen LogP contribution in [0.15, 0.2) is 29.1 Å². The van der Waals surface area contributed by atoms with E-state index in [1.54, 1.807) is 0 Å². The molecule has 0 unspecified atom stereocenters. The fraction of sp³-hybridized carbons (Fsp3) is 0.286. The van der Waals surface area contributed by atoms with Gasteiger partial charge in [0.2, 0.25) is 0 Å². The lowest BCUT2D eigenvalue weighted by molar-refractivity contribution is 1.05. The van der Waals surface area contributed by atoms with Crippen molar-refractivity contribution in [3.8, 4) is 11.4 Å². The van der Waals surface area contributed by atoms with E-state index in [9.17, 15) is 4.79 Å². The van der Waals surface area contributed by atoms with Gasteiger partial charge in [-0.2, -0.15) is 0 Å². The van der Waals surface area contributed by atoms with Crippen molar-refractivity contribution in [1.82, 2.24) is 9.97 Å². The topological polar surface area (TPSA) is 45.8 Å². The van der Waals surface area contributed by atoms with Crippen LogP contribution >= 0.6 is 22.6 Å². The lowest BCUT2D eigenvalue weighted by atomic mass is 10.1. The van der Waals surface area contributed by atoms with E-state index in [0.717, 1.165) is 17.2 Å². The summed E-state index contributed by atoms with van der Waals surface area (Å²) in [4.78, 5) is 19.0. The minimum absolute atomic E-state index is 0.0654. The van der Waals surface area contributed by atoms with Gasteiger partial charge in [0.15, 0.2) is 0 Å². The molecule has 4 heteroatoms. The van der Waals surface area contributed by atoms with E-state index in [-0.39, 0.29) is 5.56 Å². The molecule has 1 N–H and O–H groups in total. The third-order valence-electron chi connectivity index (χ3n) is 3.26. The first-order valence-electron chi connectivity index (χ1n) is 6.02. The SMILES string of the molecule is Cc1nc(-c2ccc(C3CC3)cc2)[nH]c(=O)c1I. The van der Waals surface area contributed by atoms with Crippen LogP contribution in [0, 0.1) is 10.5 Å². The van der Waals surface area contributed by atoms with Gasteiger partial charge in [-0.05, 0) is 53.8 Å². The van der Waals surface area contributed by atoms with Crippen molar-refractivity contribution in [3.05, 3.63) is 49.4 Å². The normalized spacial score (nSPS) is 14.8. The van der Waals surface area contributed by atoms with Crippen molar-refractivity contribution in [2.75, 3.05) is 0 Å². The largest absolute Gasteiger partial charge is 0.306 e. The smallest absolute Gasteiger partial charge is 0.264 e. The summed E-state index contributed by atoms with van der Waals surface area (Å²) in [6.45, 7) is 1.86. The lowest BCUT2D eigenvalue weighted by Gasteiger charge is -2.05. The summed E-state index contributed by atoms with van der Waals surface area (Å²) < 4.78 is 0.658. The summed E-state index contributed by atoms with van der Waals surface area (Å²) in [7, 11) is 0. The Labute approximate surface area is 119 Å². The minimum atomic E-state index is -0.0654. The zero-order valence-corrected chi connectivity index (χ0v) is 12.2. The molecular weight excluding hydrogens is 339 g/mol. The Kier molecular flexibility index (Phi) is 2.97.